The molecule has 2 rings (SSSR count). The van der Waals surface area contributed by atoms with E-state index in [9.17, 15) is 4.79 Å². The van der Waals surface area contributed by atoms with Gasteiger partial charge in [-0.2, -0.15) is 5.10 Å². The molecule has 1 amide bonds. The zero-order valence-corrected chi connectivity index (χ0v) is 9.23. The molecule has 0 fully saturated rings. The van der Waals surface area contributed by atoms with Crippen molar-refractivity contribution >= 4 is 17.3 Å². The van der Waals surface area contributed by atoms with Gasteiger partial charge in [0.1, 0.15) is 11.4 Å². The maximum atomic E-state index is 11.7. The van der Waals surface area contributed by atoms with Crippen molar-refractivity contribution in [3.63, 3.8) is 0 Å². The molecule has 4 N–H and O–H groups in total. The summed E-state index contributed by atoms with van der Waals surface area (Å²) in [5, 5.41) is 8.94. The van der Waals surface area contributed by atoms with Gasteiger partial charge < -0.3 is 15.8 Å². The number of nitrogens with one attached hydrogen (secondary N) is 2. The number of aromatic amines is 1. The van der Waals surface area contributed by atoms with Crippen molar-refractivity contribution in [3.05, 3.63) is 36.2 Å². The van der Waals surface area contributed by atoms with Crippen LogP contribution in [0.1, 0.15) is 10.5 Å². The van der Waals surface area contributed by atoms with Crippen LogP contribution in [0.2, 0.25) is 0 Å². The van der Waals surface area contributed by atoms with Gasteiger partial charge in [-0.15, -0.1) is 0 Å². The summed E-state index contributed by atoms with van der Waals surface area (Å²) in [6.07, 6.45) is 1.51. The first-order valence-corrected chi connectivity index (χ1v) is 4.95. The number of benzene rings is 1. The van der Waals surface area contributed by atoms with Gasteiger partial charge >= 0.3 is 0 Å². The maximum Gasteiger partial charge on any atom is 0.273 e. The van der Waals surface area contributed by atoms with Gasteiger partial charge in [0.2, 0.25) is 0 Å². The van der Waals surface area contributed by atoms with Crippen molar-refractivity contribution in [2.24, 2.45) is 0 Å². The smallest absolute Gasteiger partial charge is 0.273 e. The van der Waals surface area contributed by atoms with Crippen LogP contribution in [0.15, 0.2) is 30.5 Å². The molecule has 6 nitrogen and oxygen atoms in total. The van der Waals surface area contributed by atoms with Crippen molar-refractivity contribution in [3.8, 4) is 5.75 Å². The van der Waals surface area contributed by atoms with Crippen LogP contribution in [0.4, 0.5) is 11.4 Å². The molecule has 0 aliphatic rings. The van der Waals surface area contributed by atoms with Gasteiger partial charge in [-0.1, -0.05) is 0 Å². The Labute approximate surface area is 97.8 Å². The van der Waals surface area contributed by atoms with E-state index in [1.807, 2.05) is 0 Å². The number of carbonyl (C=O) groups is 1. The third-order valence-corrected chi connectivity index (χ3v) is 2.25. The minimum absolute atomic E-state index is 0.292. The fourth-order valence-corrected chi connectivity index (χ4v) is 1.35. The second kappa shape index (κ2) is 4.56. The summed E-state index contributed by atoms with van der Waals surface area (Å²) in [5.74, 6) is 0.349. The van der Waals surface area contributed by atoms with Crippen LogP contribution >= 0.6 is 0 Å². The Morgan fingerprint density at radius 3 is 2.88 bits per heavy atom. The molecule has 0 aliphatic heterocycles. The molecule has 88 valence electrons. The number of H-pyrrole nitrogens is 1. The van der Waals surface area contributed by atoms with Crippen LogP contribution in [0.5, 0.6) is 5.75 Å². The van der Waals surface area contributed by atoms with Crippen molar-refractivity contribution in [1.82, 2.24) is 10.2 Å². The normalized spacial score (nSPS) is 9.94. The van der Waals surface area contributed by atoms with Gasteiger partial charge in [-0.3, -0.25) is 9.89 Å². The van der Waals surface area contributed by atoms with E-state index in [0.29, 0.717) is 22.8 Å². The van der Waals surface area contributed by atoms with E-state index < -0.39 is 0 Å². The summed E-state index contributed by atoms with van der Waals surface area (Å²) in [7, 11) is 1.55. The fraction of sp³-hybridized carbons (Fsp3) is 0.0909. The van der Waals surface area contributed by atoms with Crippen molar-refractivity contribution in [2.75, 3.05) is 18.2 Å². The molecule has 0 saturated heterocycles. The molecule has 2 aromatic rings. The van der Waals surface area contributed by atoms with Gasteiger partial charge in [0.15, 0.2) is 0 Å². The number of ether oxygens (including phenoxy) is 1. The number of aromatic nitrogens is 2. The van der Waals surface area contributed by atoms with E-state index >= 15 is 0 Å². The second-order valence-corrected chi connectivity index (χ2v) is 3.38. The van der Waals surface area contributed by atoms with Crippen LogP contribution in [0, 0.1) is 0 Å². The fourth-order valence-electron chi connectivity index (χ4n) is 1.35. The van der Waals surface area contributed by atoms with Gasteiger partial charge in [0.05, 0.1) is 18.5 Å². The van der Waals surface area contributed by atoms with Crippen LogP contribution < -0.4 is 15.8 Å². The van der Waals surface area contributed by atoms with Gasteiger partial charge in [0.25, 0.3) is 5.91 Å². The lowest BCUT2D eigenvalue weighted by atomic mass is 10.2. The van der Waals surface area contributed by atoms with E-state index in [1.165, 1.54) is 6.20 Å². The largest absolute Gasteiger partial charge is 0.497 e. The SMILES string of the molecule is COc1ccc(NC(=O)c2ccn[nH]2)c(N)c1. The number of methoxy groups -OCH3 is 1. The highest BCUT2D eigenvalue weighted by molar-refractivity contribution is 6.04. The zero-order valence-electron chi connectivity index (χ0n) is 9.23. The lowest BCUT2D eigenvalue weighted by molar-refractivity contribution is 0.102. The molecule has 0 radical (unpaired) electrons. The average molecular weight is 232 g/mol. The molecule has 0 aliphatic carbocycles. The van der Waals surface area contributed by atoms with Crippen LogP contribution in [-0.4, -0.2) is 23.2 Å². The lowest BCUT2D eigenvalue weighted by Crippen LogP contribution is -2.13. The number of nitrogens with two attached hydrogens (primary N) is 1. The number of rotatable bonds is 3. The molecule has 1 aromatic carbocycles. The first-order chi connectivity index (χ1) is 8.20. The topological polar surface area (TPSA) is 93.0 Å². The quantitative estimate of drug-likeness (QED) is 0.694. The van der Waals surface area contributed by atoms with E-state index in [1.54, 1.807) is 31.4 Å². The molecule has 0 atom stereocenters. The molecule has 0 unspecified atom stereocenters. The van der Waals surface area contributed by atoms with E-state index in [4.69, 9.17) is 10.5 Å². The summed E-state index contributed by atoms with van der Waals surface area (Å²) < 4.78 is 5.02. The number of carbonyl (C=O) groups excluding carboxylic acids is 1. The standard InChI is InChI=1S/C11H12N4O2/c1-17-7-2-3-9(8(12)6-7)14-11(16)10-4-5-13-15-10/h2-6H,12H2,1H3,(H,13,15)(H,14,16). The highest BCUT2D eigenvalue weighted by Crippen LogP contribution is 2.24. The van der Waals surface area contributed by atoms with Crippen LogP contribution in [-0.2, 0) is 0 Å². The first kappa shape index (κ1) is 11.0. The minimum Gasteiger partial charge on any atom is -0.497 e. The summed E-state index contributed by atoms with van der Waals surface area (Å²) in [5.41, 5.74) is 7.13. The third kappa shape index (κ3) is 2.36. The predicted octanol–water partition coefficient (Wildman–Crippen LogP) is 1.25. The Morgan fingerprint density at radius 2 is 2.29 bits per heavy atom. The summed E-state index contributed by atoms with van der Waals surface area (Å²) in [6.45, 7) is 0. The van der Waals surface area contributed by atoms with E-state index in [2.05, 4.69) is 15.5 Å². The van der Waals surface area contributed by atoms with Crippen molar-refractivity contribution in [1.29, 1.82) is 0 Å². The Morgan fingerprint density at radius 1 is 1.47 bits per heavy atom. The molecule has 0 spiro atoms. The van der Waals surface area contributed by atoms with E-state index in [0.717, 1.165) is 0 Å². The van der Waals surface area contributed by atoms with Crippen LogP contribution in [0.25, 0.3) is 0 Å². The summed E-state index contributed by atoms with van der Waals surface area (Å²) in [6, 6.07) is 6.62. The number of hydrogen-bond acceptors (Lipinski definition) is 4. The highest BCUT2D eigenvalue weighted by Gasteiger charge is 2.09. The Hall–Kier alpha value is -2.50. The molecule has 6 heteroatoms. The lowest BCUT2D eigenvalue weighted by Gasteiger charge is -2.08. The number of anilines is 2. The molecule has 1 heterocycles. The number of nitrogen functional groups attached to an aromatic ring is 1. The van der Waals surface area contributed by atoms with Gasteiger partial charge in [-0.25, -0.2) is 0 Å². The zero-order chi connectivity index (χ0) is 12.3. The molecule has 0 bridgehead atoms. The first-order valence-electron chi connectivity index (χ1n) is 4.95. The van der Waals surface area contributed by atoms with Gasteiger partial charge in [0, 0.05) is 12.3 Å². The van der Waals surface area contributed by atoms with Gasteiger partial charge in [-0.05, 0) is 18.2 Å². The number of nitrogens with zero attached hydrogens (tertiary/aromatic N) is 1. The molecule has 0 saturated carbocycles. The second-order valence-electron chi connectivity index (χ2n) is 3.38. The molecule has 1 aromatic heterocycles. The summed E-state index contributed by atoms with van der Waals surface area (Å²) >= 11 is 0. The Bertz CT molecular complexity index is 522. The molecular weight excluding hydrogens is 220 g/mol. The van der Waals surface area contributed by atoms with Crippen molar-refractivity contribution in [2.45, 2.75) is 0 Å². The minimum atomic E-state index is -0.292. The van der Waals surface area contributed by atoms with Crippen molar-refractivity contribution < 1.29 is 9.53 Å². The van der Waals surface area contributed by atoms with E-state index in [-0.39, 0.29) is 5.91 Å². The molecular formula is C11H12N4O2. The maximum absolute atomic E-state index is 11.7. The predicted molar refractivity (Wildman–Crippen MR) is 63.9 cm³/mol. The van der Waals surface area contributed by atoms with Crippen LogP contribution in [0.3, 0.4) is 0 Å². The third-order valence-electron chi connectivity index (χ3n) is 2.25. The number of hydrogen-bond donors (Lipinski definition) is 3. The summed E-state index contributed by atoms with van der Waals surface area (Å²) in [4.78, 5) is 11.7. The monoisotopic (exact) mass is 232 g/mol. The Balaban J connectivity index is 2.16. The Kier molecular flexibility index (Phi) is 2.95. The average Bonchev–Trinajstić information content (AvgIpc) is 2.85. The number of amides is 1. The highest BCUT2D eigenvalue weighted by atomic mass is 16.5. The molecule has 17 heavy (non-hydrogen) atoms.